The van der Waals surface area contributed by atoms with Crippen molar-refractivity contribution < 1.29 is 4.68 Å². The standard InChI is InChI=1S/C27H26N7/c28-25-20-6-2-1-5-19(20)17-27(25)10-15-32(16-11-27)24-18-30-26-22(31-24)9-14-34(26)33-13-4-7-21-23(33)8-3-12-29-21/h1-9,12-14,18,25H,10-11,15-17,28H2/q+1/t25-/m1/s1. The van der Waals surface area contributed by atoms with Crippen LogP contribution in [-0.4, -0.2) is 32.7 Å². The van der Waals surface area contributed by atoms with Crippen LogP contribution in [0.2, 0.25) is 0 Å². The van der Waals surface area contributed by atoms with Crippen LogP contribution in [0.25, 0.3) is 22.2 Å². The van der Waals surface area contributed by atoms with Crippen molar-refractivity contribution in [3.8, 4) is 0 Å². The summed E-state index contributed by atoms with van der Waals surface area (Å²) in [7, 11) is 0. The lowest BCUT2D eigenvalue weighted by molar-refractivity contribution is -0.699. The molecule has 1 aromatic carbocycles. The summed E-state index contributed by atoms with van der Waals surface area (Å²) in [6.07, 6.45) is 11.0. The van der Waals surface area contributed by atoms with E-state index in [0.717, 1.165) is 60.4 Å². The first-order valence-corrected chi connectivity index (χ1v) is 11.9. The molecule has 7 nitrogen and oxygen atoms in total. The van der Waals surface area contributed by atoms with E-state index in [-0.39, 0.29) is 11.5 Å². The quantitative estimate of drug-likeness (QED) is 0.419. The first-order chi connectivity index (χ1) is 16.7. The molecule has 5 heterocycles. The monoisotopic (exact) mass is 448 g/mol. The average molecular weight is 449 g/mol. The predicted molar refractivity (Wildman–Crippen MR) is 131 cm³/mol. The summed E-state index contributed by atoms with van der Waals surface area (Å²) in [5, 5.41) is 0. The van der Waals surface area contributed by atoms with Gasteiger partial charge in [-0.25, -0.2) is 15.0 Å². The van der Waals surface area contributed by atoms with Crippen molar-refractivity contribution in [1.29, 1.82) is 0 Å². The van der Waals surface area contributed by atoms with Gasteiger partial charge in [0.25, 0.3) is 5.52 Å². The molecule has 4 aromatic heterocycles. The van der Waals surface area contributed by atoms with Crippen LogP contribution >= 0.6 is 0 Å². The van der Waals surface area contributed by atoms with E-state index in [0.29, 0.717) is 0 Å². The van der Waals surface area contributed by atoms with Crippen LogP contribution in [0.1, 0.15) is 30.0 Å². The van der Waals surface area contributed by atoms with E-state index >= 15 is 0 Å². The fourth-order valence-electron chi connectivity index (χ4n) is 5.92. The number of nitrogens with zero attached hydrogens (tertiary/aromatic N) is 6. The Morgan fingerprint density at radius 3 is 2.71 bits per heavy atom. The maximum absolute atomic E-state index is 6.76. The van der Waals surface area contributed by atoms with E-state index in [9.17, 15) is 0 Å². The van der Waals surface area contributed by atoms with E-state index < -0.39 is 0 Å². The summed E-state index contributed by atoms with van der Waals surface area (Å²) in [6.45, 7) is 1.90. The molecule has 7 heteroatoms. The van der Waals surface area contributed by atoms with Crippen molar-refractivity contribution in [2.24, 2.45) is 11.1 Å². The molecule has 0 bridgehead atoms. The van der Waals surface area contributed by atoms with Gasteiger partial charge in [0.2, 0.25) is 11.8 Å². The van der Waals surface area contributed by atoms with Crippen molar-refractivity contribution in [1.82, 2.24) is 19.6 Å². The first-order valence-electron chi connectivity index (χ1n) is 11.9. The van der Waals surface area contributed by atoms with Gasteiger partial charge >= 0.3 is 0 Å². The fraction of sp³-hybridized carbons (Fsp3) is 0.259. The second-order valence-corrected chi connectivity index (χ2v) is 9.56. The molecule has 1 aliphatic heterocycles. The summed E-state index contributed by atoms with van der Waals surface area (Å²) in [6, 6.07) is 18.9. The highest BCUT2D eigenvalue weighted by molar-refractivity contribution is 5.73. The van der Waals surface area contributed by atoms with E-state index in [4.69, 9.17) is 15.7 Å². The van der Waals surface area contributed by atoms with Gasteiger partial charge in [-0.1, -0.05) is 28.9 Å². The zero-order valence-electron chi connectivity index (χ0n) is 18.9. The number of hydrogen-bond acceptors (Lipinski definition) is 5. The highest BCUT2D eigenvalue weighted by Crippen LogP contribution is 2.50. The number of nitrogens with two attached hydrogens (primary N) is 1. The fourth-order valence-corrected chi connectivity index (χ4v) is 5.92. The zero-order valence-corrected chi connectivity index (χ0v) is 18.9. The summed E-state index contributed by atoms with van der Waals surface area (Å²) in [5.41, 5.74) is 13.3. The molecule has 1 aliphatic carbocycles. The Balaban J connectivity index is 1.17. The molecule has 2 N–H and O–H groups in total. The van der Waals surface area contributed by atoms with Gasteiger partial charge in [-0.05, 0) is 54.0 Å². The SMILES string of the molecule is N[C@@H]1c2ccccc2CC12CCN(c1cnc3c(ccn3-[n+]3cccc4ncccc43)n1)CC2. The summed E-state index contributed by atoms with van der Waals surface area (Å²) >= 11 is 0. The zero-order chi connectivity index (χ0) is 22.7. The van der Waals surface area contributed by atoms with Gasteiger partial charge in [-0.2, -0.15) is 0 Å². The van der Waals surface area contributed by atoms with Crippen LogP contribution in [0, 0.1) is 5.41 Å². The van der Waals surface area contributed by atoms with Crippen molar-refractivity contribution in [3.63, 3.8) is 0 Å². The molecule has 1 spiro atoms. The topological polar surface area (TPSA) is 76.7 Å². The Morgan fingerprint density at radius 1 is 0.941 bits per heavy atom. The molecule has 0 saturated carbocycles. The third kappa shape index (κ3) is 2.86. The van der Waals surface area contributed by atoms with Crippen LogP contribution in [0.15, 0.2) is 79.4 Å². The predicted octanol–water partition coefficient (Wildman–Crippen LogP) is 3.42. The third-order valence-electron chi connectivity index (χ3n) is 7.81. The number of rotatable bonds is 2. The van der Waals surface area contributed by atoms with Gasteiger partial charge in [0.05, 0.1) is 12.4 Å². The maximum atomic E-state index is 6.76. The number of piperidine rings is 1. The molecule has 34 heavy (non-hydrogen) atoms. The minimum Gasteiger partial charge on any atom is -0.355 e. The van der Waals surface area contributed by atoms with Crippen LogP contribution in [0.5, 0.6) is 0 Å². The van der Waals surface area contributed by atoms with Gasteiger partial charge in [-0.3, -0.25) is 0 Å². The average Bonchev–Trinajstić information content (AvgIpc) is 3.43. The minimum atomic E-state index is 0.126. The largest absolute Gasteiger partial charge is 0.355 e. The molecular weight excluding hydrogens is 422 g/mol. The Bertz CT molecular complexity index is 1530. The molecule has 2 aliphatic rings. The molecule has 0 unspecified atom stereocenters. The van der Waals surface area contributed by atoms with Crippen LogP contribution in [0.3, 0.4) is 0 Å². The van der Waals surface area contributed by atoms with Crippen LogP contribution in [0.4, 0.5) is 5.82 Å². The van der Waals surface area contributed by atoms with E-state index in [1.54, 1.807) is 0 Å². The van der Waals surface area contributed by atoms with Gasteiger partial charge in [-0.15, -0.1) is 4.68 Å². The summed E-state index contributed by atoms with van der Waals surface area (Å²) in [5.74, 6) is 0.939. The van der Waals surface area contributed by atoms with Gasteiger partial charge in [0.1, 0.15) is 16.9 Å². The summed E-state index contributed by atoms with van der Waals surface area (Å²) < 4.78 is 4.08. The van der Waals surface area contributed by atoms with Crippen molar-refractivity contribution in [2.45, 2.75) is 25.3 Å². The number of hydrogen-bond donors (Lipinski definition) is 1. The third-order valence-corrected chi connectivity index (χ3v) is 7.81. The lowest BCUT2D eigenvalue weighted by atomic mass is 9.73. The summed E-state index contributed by atoms with van der Waals surface area (Å²) in [4.78, 5) is 16.6. The van der Waals surface area contributed by atoms with E-state index in [1.807, 2.05) is 53.7 Å². The highest BCUT2D eigenvalue weighted by Gasteiger charge is 2.45. The normalized spacial score (nSPS) is 19.2. The Hall–Kier alpha value is -3.84. The molecule has 1 saturated heterocycles. The highest BCUT2D eigenvalue weighted by atomic mass is 15.5. The van der Waals surface area contributed by atoms with Gasteiger partial charge in [0.15, 0.2) is 0 Å². The first kappa shape index (κ1) is 19.6. The molecule has 0 radical (unpaired) electrons. The van der Waals surface area contributed by atoms with Gasteiger partial charge < -0.3 is 10.6 Å². The molecule has 0 amide bonds. The maximum Gasteiger partial charge on any atom is 0.261 e. The van der Waals surface area contributed by atoms with E-state index in [1.165, 1.54) is 11.1 Å². The number of fused-ring (bicyclic) bond motifs is 3. The van der Waals surface area contributed by atoms with Crippen molar-refractivity contribution in [3.05, 3.63) is 90.5 Å². The Morgan fingerprint density at radius 2 is 1.82 bits per heavy atom. The number of anilines is 1. The lowest BCUT2D eigenvalue weighted by Gasteiger charge is -2.42. The second kappa shape index (κ2) is 7.33. The molecule has 168 valence electrons. The van der Waals surface area contributed by atoms with Crippen LogP contribution in [-0.2, 0) is 6.42 Å². The second-order valence-electron chi connectivity index (χ2n) is 9.56. The molecule has 1 atom stereocenters. The van der Waals surface area contributed by atoms with Crippen molar-refractivity contribution in [2.75, 3.05) is 18.0 Å². The molecule has 1 fully saturated rings. The van der Waals surface area contributed by atoms with Gasteiger partial charge in [0, 0.05) is 37.5 Å². The minimum absolute atomic E-state index is 0.126. The number of pyridine rings is 2. The van der Waals surface area contributed by atoms with E-state index in [2.05, 4.69) is 44.9 Å². The van der Waals surface area contributed by atoms with Crippen LogP contribution < -0.4 is 15.3 Å². The Labute approximate surface area is 197 Å². The smallest absolute Gasteiger partial charge is 0.261 e. The Kier molecular flexibility index (Phi) is 4.23. The number of aromatic nitrogens is 5. The van der Waals surface area contributed by atoms with Crippen molar-refractivity contribution >= 4 is 28.0 Å². The molecule has 7 rings (SSSR count). The molecular formula is C27H26N7+. The molecule has 5 aromatic rings. The number of benzene rings is 1. The lowest BCUT2D eigenvalue weighted by Crippen LogP contribution is -2.44.